The number of nitrogens with zero attached hydrogens (tertiary/aromatic N) is 1. The van der Waals surface area contributed by atoms with Crippen molar-refractivity contribution in [2.75, 3.05) is 19.4 Å². The highest BCUT2D eigenvalue weighted by Crippen LogP contribution is 2.50. The van der Waals surface area contributed by atoms with Crippen LogP contribution in [0.2, 0.25) is 0 Å². The van der Waals surface area contributed by atoms with Gasteiger partial charge in [0, 0.05) is 11.6 Å². The van der Waals surface area contributed by atoms with Crippen molar-refractivity contribution >= 4 is 13.5 Å². The molecule has 1 aliphatic carbocycles. The molecule has 1 aliphatic heterocycles. The van der Waals surface area contributed by atoms with Crippen LogP contribution in [-0.4, -0.2) is 42.3 Å². The third-order valence-electron chi connectivity index (χ3n) is 5.16. The second-order valence-corrected chi connectivity index (χ2v) is 9.04. The molecule has 1 atom stereocenters. The smallest absolute Gasteiger partial charge is 0.329 e. The van der Waals surface area contributed by atoms with Crippen LogP contribution < -0.4 is 0 Å². The molecule has 2 rings (SSSR count). The lowest BCUT2D eigenvalue weighted by atomic mass is 9.95. The summed E-state index contributed by atoms with van der Waals surface area (Å²) in [7, 11) is -3.24. The highest BCUT2D eigenvalue weighted by molar-refractivity contribution is 7.54. The van der Waals surface area contributed by atoms with Crippen molar-refractivity contribution < 1.29 is 18.4 Å². The lowest BCUT2D eigenvalue weighted by molar-refractivity contribution is -0.129. The Morgan fingerprint density at radius 3 is 2.12 bits per heavy atom. The Labute approximate surface area is 152 Å². The van der Waals surface area contributed by atoms with Gasteiger partial charge in [-0.05, 0) is 33.1 Å². The maximum Gasteiger partial charge on any atom is 0.335 e. The van der Waals surface area contributed by atoms with Crippen molar-refractivity contribution in [3.8, 4) is 0 Å². The molecule has 1 amide bonds. The summed E-state index contributed by atoms with van der Waals surface area (Å²) in [4.78, 5) is 15.1. The van der Waals surface area contributed by atoms with Gasteiger partial charge in [0.2, 0.25) is 0 Å². The molecule has 2 aliphatic rings. The van der Waals surface area contributed by atoms with E-state index in [-0.39, 0.29) is 18.1 Å². The Hall–Kier alpha value is -0.640. The van der Waals surface area contributed by atoms with Crippen molar-refractivity contribution in [2.45, 2.75) is 84.2 Å². The van der Waals surface area contributed by atoms with Gasteiger partial charge in [-0.1, -0.05) is 45.1 Å². The van der Waals surface area contributed by atoms with Crippen LogP contribution in [0.25, 0.3) is 0 Å². The summed E-state index contributed by atoms with van der Waals surface area (Å²) in [6.45, 7) is 6.35. The average molecular weight is 371 g/mol. The largest absolute Gasteiger partial charge is 0.335 e. The number of amides is 1. The summed E-state index contributed by atoms with van der Waals surface area (Å²) in [6, 6.07) is 0.425. The van der Waals surface area contributed by atoms with Crippen molar-refractivity contribution in [3.05, 3.63) is 11.6 Å². The van der Waals surface area contributed by atoms with Gasteiger partial charge in [0.15, 0.2) is 0 Å². The highest BCUT2D eigenvalue weighted by Gasteiger charge is 2.39. The third kappa shape index (κ3) is 5.42. The quantitative estimate of drug-likeness (QED) is 0.569. The van der Waals surface area contributed by atoms with E-state index in [1.165, 1.54) is 32.1 Å². The standard InChI is InChI=1S/C19H34NO4P/c1-4-17-14-16(15-25(22,23-5-2)24-6-3)19(21)20(17)18-12-10-8-7-9-11-13-18/h14,17-18H,4-13,15H2,1-3H3. The predicted molar refractivity (Wildman–Crippen MR) is 101 cm³/mol. The van der Waals surface area contributed by atoms with Crippen molar-refractivity contribution in [3.63, 3.8) is 0 Å². The topological polar surface area (TPSA) is 55.8 Å². The summed E-state index contributed by atoms with van der Waals surface area (Å²) < 4.78 is 23.6. The molecule has 0 radical (unpaired) electrons. The van der Waals surface area contributed by atoms with Crippen LogP contribution in [0.5, 0.6) is 0 Å². The van der Waals surface area contributed by atoms with Crippen molar-refractivity contribution in [2.24, 2.45) is 0 Å². The van der Waals surface area contributed by atoms with E-state index in [1.807, 2.05) is 6.08 Å². The molecular weight excluding hydrogens is 337 g/mol. The fraction of sp³-hybridized carbons (Fsp3) is 0.842. The van der Waals surface area contributed by atoms with Gasteiger partial charge in [0.05, 0.1) is 25.4 Å². The molecule has 6 heteroatoms. The Balaban J connectivity index is 2.13. The van der Waals surface area contributed by atoms with Gasteiger partial charge in [-0.25, -0.2) is 0 Å². The molecule has 5 nitrogen and oxygen atoms in total. The van der Waals surface area contributed by atoms with E-state index >= 15 is 0 Å². The minimum Gasteiger partial charge on any atom is -0.329 e. The first-order chi connectivity index (χ1) is 12.0. The molecule has 0 bridgehead atoms. The summed E-state index contributed by atoms with van der Waals surface area (Å²) in [5, 5.41) is 0. The number of carbonyl (C=O) groups excluding carboxylic acids is 1. The van der Waals surface area contributed by atoms with Crippen LogP contribution in [0.1, 0.15) is 72.1 Å². The van der Waals surface area contributed by atoms with Gasteiger partial charge >= 0.3 is 7.60 Å². The van der Waals surface area contributed by atoms with Crippen LogP contribution >= 0.6 is 7.60 Å². The predicted octanol–water partition coefficient (Wildman–Crippen LogP) is 4.91. The molecule has 1 heterocycles. The molecule has 0 aromatic carbocycles. The van der Waals surface area contributed by atoms with Crippen LogP contribution in [0.4, 0.5) is 0 Å². The Bertz CT molecular complexity index is 502. The van der Waals surface area contributed by atoms with Crippen LogP contribution in [-0.2, 0) is 18.4 Å². The molecule has 0 N–H and O–H groups in total. The SMILES string of the molecule is CCOP(=O)(CC1=CC(CC)N(C2CCCCCCC2)C1=O)OCC. The molecule has 0 aromatic rings. The van der Waals surface area contributed by atoms with Gasteiger partial charge in [-0.15, -0.1) is 0 Å². The number of carbonyl (C=O) groups is 1. The van der Waals surface area contributed by atoms with E-state index in [1.54, 1.807) is 13.8 Å². The first-order valence-corrected chi connectivity index (χ1v) is 11.7. The van der Waals surface area contributed by atoms with Gasteiger partial charge in [-0.3, -0.25) is 9.36 Å². The summed E-state index contributed by atoms with van der Waals surface area (Å²) >= 11 is 0. The van der Waals surface area contributed by atoms with E-state index in [2.05, 4.69) is 11.8 Å². The molecule has 0 saturated heterocycles. The summed E-state index contributed by atoms with van der Waals surface area (Å²) in [6.07, 6.45) is 11.4. The average Bonchev–Trinajstić information content (AvgIpc) is 2.84. The second kappa shape index (κ2) is 9.89. The van der Waals surface area contributed by atoms with Crippen LogP contribution in [0.3, 0.4) is 0 Å². The molecular formula is C19H34NO4P. The Morgan fingerprint density at radius 1 is 1.04 bits per heavy atom. The molecule has 144 valence electrons. The summed E-state index contributed by atoms with van der Waals surface area (Å²) in [5.41, 5.74) is 0.610. The van der Waals surface area contributed by atoms with E-state index in [9.17, 15) is 9.36 Å². The Morgan fingerprint density at radius 2 is 1.60 bits per heavy atom. The fourth-order valence-corrected chi connectivity index (χ4v) is 5.72. The van der Waals surface area contributed by atoms with E-state index in [0.29, 0.717) is 24.8 Å². The second-order valence-electron chi connectivity index (χ2n) is 6.98. The fourth-order valence-electron chi connectivity index (χ4n) is 4.02. The van der Waals surface area contributed by atoms with Crippen molar-refractivity contribution in [1.29, 1.82) is 0 Å². The number of rotatable bonds is 8. The highest BCUT2D eigenvalue weighted by atomic mass is 31.2. The third-order valence-corrected chi connectivity index (χ3v) is 7.19. The molecule has 0 spiro atoms. The Kier molecular flexibility index (Phi) is 8.18. The minimum absolute atomic E-state index is 0.0389. The van der Waals surface area contributed by atoms with Crippen LogP contribution in [0.15, 0.2) is 11.6 Å². The van der Waals surface area contributed by atoms with Gasteiger partial charge < -0.3 is 13.9 Å². The molecule has 1 unspecified atom stereocenters. The van der Waals surface area contributed by atoms with E-state index < -0.39 is 7.60 Å². The zero-order valence-electron chi connectivity index (χ0n) is 16.0. The maximum absolute atomic E-state index is 13.1. The van der Waals surface area contributed by atoms with Gasteiger partial charge in [0.25, 0.3) is 5.91 Å². The van der Waals surface area contributed by atoms with Crippen LogP contribution in [0, 0.1) is 0 Å². The van der Waals surface area contributed by atoms with Crippen molar-refractivity contribution in [1.82, 2.24) is 4.90 Å². The minimum atomic E-state index is -3.24. The molecule has 1 fully saturated rings. The number of hydrogen-bond acceptors (Lipinski definition) is 4. The number of hydrogen-bond donors (Lipinski definition) is 0. The summed E-state index contributed by atoms with van der Waals surface area (Å²) in [5.74, 6) is 0.0389. The molecule has 0 aromatic heterocycles. The van der Waals surface area contributed by atoms with Gasteiger partial charge in [-0.2, -0.15) is 0 Å². The first-order valence-electron chi connectivity index (χ1n) is 9.96. The normalized spacial score (nSPS) is 23.5. The maximum atomic E-state index is 13.1. The van der Waals surface area contributed by atoms with E-state index in [4.69, 9.17) is 9.05 Å². The van der Waals surface area contributed by atoms with Gasteiger partial charge in [0.1, 0.15) is 0 Å². The first kappa shape index (κ1) is 20.7. The molecule has 25 heavy (non-hydrogen) atoms. The lowest BCUT2D eigenvalue weighted by Crippen LogP contribution is -2.43. The zero-order valence-corrected chi connectivity index (χ0v) is 16.9. The lowest BCUT2D eigenvalue weighted by Gasteiger charge is -2.34. The monoisotopic (exact) mass is 371 g/mol. The van der Waals surface area contributed by atoms with E-state index in [0.717, 1.165) is 19.3 Å². The zero-order chi connectivity index (χ0) is 18.3. The molecule has 1 saturated carbocycles.